The maximum absolute atomic E-state index is 12.3. The summed E-state index contributed by atoms with van der Waals surface area (Å²) < 4.78 is 5.62. The third-order valence-electron chi connectivity index (χ3n) is 5.15. The minimum Gasteiger partial charge on any atom is -0.496 e. The number of hydrazone groups is 1. The fraction of sp³-hybridized carbons (Fsp3) is 0.348. The number of halogens is 1. The topological polar surface area (TPSA) is 66.8 Å². The molecule has 158 valence electrons. The van der Waals surface area contributed by atoms with Gasteiger partial charge in [-0.2, -0.15) is 5.10 Å². The van der Waals surface area contributed by atoms with Gasteiger partial charge in [0.15, 0.2) is 0 Å². The van der Waals surface area contributed by atoms with Gasteiger partial charge in [-0.3, -0.25) is 4.79 Å². The van der Waals surface area contributed by atoms with Crippen LogP contribution in [-0.4, -0.2) is 36.3 Å². The molecule has 1 amide bonds. The monoisotopic (exact) mass is 426 g/mol. The summed E-state index contributed by atoms with van der Waals surface area (Å²) in [6.07, 6.45) is 6.44. The summed E-state index contributed by atoms with van der Waals surface area (Å²) in [5.74, 6) is 0.269. The highest BCUT2D eigenvalue weighted by atomic mass is 35.5. The van der Waals surface area contributed by atoms with Crippen LogP contribution in [0.15, 0.2) is 41.6 Å². The second-order valence-electron chi connectivity index (χ2n) is 7.78. The second kappa shape index (κ2) is 8.88. The van der Waals surface area contributed by atoms with Crippen molar-refractivity contribution in [1.29, 1.82) is 0 Å². The Bertz CT molecular complexity index is 1010. The van der Waals surface area contributed by atoms with Gasteiger partial charge in [0, 0.05) is 35.6 Å². The molecule has 1 N–H and O–H groups in total. The van der Waals surface area contributed by atoms with E-state index in [-0.39, 0.29) is 16.3 Å². The van der Waals surface area contributed by atoms with Crippen molar-refractivity contribution in [2.75, 3.05) is 18.6 Å². The number of methoxy groups -OCH3 is 1. The molecule has 6 nitrogen and oxygen atoms in total. The smallest absolute Gasteiger partial charge is 0.274 e. The second-order valence-corrected chi connectivity index (χ2v) is 8.14. The first-order valence-corrected chi connectivity index (χ1v) is 10.3. The molecular weight excluding hydrogens is 400 g/mol. The first kappa shape index (κ1) is 21.8. The van der Waals surface area contributed by atoms with Gasteiger partial charge in [-0.1, -0.05) is 24.6 Å². The van der Waals surface area contributed by atoms with Crippen LogP contribution in [-0.2, 0) is 0 Å². The van der Waals surface area contributed by atoms with Gasteiger partial charge in [-0.25, -0.2) is 10.4 Å². The van der Waals surface area contributed by atoms with Crippen molar-refractivity contribution in [3.63, 3.8) is 0 Å². The van der Waals surface area contributed by atoms with Crippen LogP contribution in [0.25, 0.3) is 5.57 Å². The molecule has 0 atom stereocenters. The Kier molecular flexibility index (Phi) is 6.46. The normalized spacial score (nSPS) is 15.0. The summed E-state index contributed by atoms with van der Waals surface area (Å²) in [6, 6.07) is 7.34. The number of fused-ring (bicyclic) bond motifs is 1. The number of hydrogen-bond acceptors (Lipinski definition) is 5. The lowest BCUT2D eigenvalue weighted by atomic mass is 9.87. The summed E-state index contributed by atoms with van der Waals surface area (Å²) in [4.78, 5) is 18.6. The van der Waals surface area contributed by atoms with Gasteiger partial charge in [0.05, 0.1) is 24.4 Å². The van der Waals surface area contributed by atoms with Crippen molar-refractivity contribution in [3.8, 4) is 5.75 Å². The molecule has 0 spiro atoms. The number of pyridine rings is 1. The van der Waals surface area contributed by atoms with E-state index in [4.69, 9.17) is 16.3 Å². The lowest BCUT2D eigenvalue weighted by Crippen LogP contribution is -2.45. The average Bonchev–Trinajstić information content (AvgIpc) is 2.70. The van der Waals surface area contributed by atoms with Crippen molar-refractivity contribution in [1.82, 2.24) is 10.4 Å². The van der Waals surface area contributed by atoms with Crippen molar-refractivity contribution < 1.29 is 9.53 Å². The molecule has 2 heterocycles. The molecule has 1 aliphatic rings. The molecule has 0 saturated carbocycles. The van der Waals surface area contributed by atoms with Crippen LogP contribution in [0.2, 0.25) is 5.15 Å². The molecule has 0 fully saturated rings. The molecule has 2 aromatic rings. The van der Waals surface area contributed by atoms with Crippen molar-refractivity contribution in [3.05, 3.63) is 58.4 Å². The number of nitrogens with zero attached hydrogens (tertiary/aromatic N) is 3. The molecular formula is C23H27ClN4O2. The molecule has 0 unspecified atom stereocenters. The molecule has 3 rings (SSSR count). The van der Waals surface area contributed by atoms with E-state index in [9.17, 15) is 4.79 Å². The Balaban J connectivity index is 1.92. The number of aromatic nitrogens is 1. The van der Waals surface area contributed by atoms with Gasteiger partial charge in [0.1, 0.15) is 10.9 Å². The van der Waals surface area contributed by atoms with Gasteiger partial charge in [0.25, 0.3) is 5.91 Å². The zero-order chi connectivity index (χ0) is 21.9. The average molecular weight is 427 g/mol. The predicted molar refractivity (Wildman–Crippen MR) is 123 cm³/mol. The third-order valence-corrected chi connectivity index (χ3v) is 5.45. The third kappa shape index (κ3) is 4.33. The summed E-state index contributed by atoms with van der Waals surface area (Å²) in [6.45, 7) is 9.67. The predicted octanol–water partition coefficient (Wildman–Crippen LogP) is 4.92. The number of hydrogen-bond donors (Lipinski definition) is 1. The Labute approximate surface area is 182 Å². The van der Waals surface area contributed by atoms with Crippen molar-refractivity contribution >= 4 is 35.0 Å². The van der Waals surface area contributed by atoms with Gasteiger partial charge in [-0.15, -0.1) is 0 Å². The number of carbonyl (C=O) groups excluding carboxylic acids is 1. The van der Waals surface area contributed by atoms with Crippen LogP contribution in [0.3, 0.4) is 0 Å². The molecule has 1 aliphatic heterocycles. The quantitative estimate of drug-likeness (QED) is 0.404. The van der Waals surface area contributed by atoms with E-state index < -0.39 is 5.91 Å². The number of allylic oxidation sites excluding steroid dienone is 1. The van der Waals surface area contributed by atoms with Crippen LogP contribution in [0.1, 0.15) is 55.6 Å². The zero-order valence-corrected chi connectivity index (χ0v) is 18.7. The number of carbonyl (C=O) groups is 1. The first-order chi connectivity index (χ1) is 14.3. The van der Waals surface area contributed by atoms with Crippen LogP contribution in [0, 0.1) is 0 Å². The zero-order valence-electron chi connectivity index (χ0n) is 18.0. The summed E-state index contributed by atoms with van der Waals surface area (Å²) >= 11 is 5.97. The van der Waals surface area contributed by atoms with E-state index in [1.807, 2.05) is 12.1 Å². The standard InChI is InChI=1S/C23H27ClN4O2/c1-6-10-28-19-12-20(30-5)16(11-18(19)15(2)13-23(28,3)4)14-26-27-22(29)17-8-7-9-25-21(17)24/h7-9,11-14H,6,10H2,1-5H3,(H,27,29)/b26-14-. The number of ether oxygens (including phenoxy) is 1. The van der Waals surface area contributed by atoms with Crippen molar-refractivity contribution in [2.24, 2.45) is 5.10 Å². The fourth-order valence-corrected chi connectivity index (χ4v) is 4.01. The minimum atomic E-state index is -0.423. The largest absolute Gasteiger partial charge is 0.496 e. The van der Waals surface area contributed by atoms with Gasteiger partial charge in [-0.05, 0) is 51.0 Å². The lowest BCUT2D eigenvalue weighted by Gasteiger charge is -2.43. The number of benzene rings is 1. The maximum Gasteiger partial charge on any atom is 0.274 e. The Morgan fingerprint density at radius 3 is 2.83 bits per heavy atom. The van der Waals surface area contributed by atoms with E-state index in [1.165, 1.54) is 11.8 Å². The van der Waals surface area contributed by atoms with E-state index in [0.717, 1.165) is 29.8 Å². The Hall–Kier alpha value is -2.86. The number of amides is 1. The minimum absolute atomic E-state index is 0.0787. The number of rotatable bonds is 6. The van der Waals surface area contributed by atoms with E-state index in [2.05, 4.69) is 54.2 Å². The first-order valence-electron chi connectivity index (χ1n) is 9.92. The van der Waals surface area contributed by atoms with E-state index >= 15 is 0 Å². The van der Waals surface area contributed by atoms with Crippen LogP contribution >= 0.6 is 11.6 Å². The summed E-state index contributed by atoms with van der Waals surface area (Å²) in [5, 5.41) is 4.24. The van der Waals surface area contributed by atoms with Gasteiger partial charge < -0.3 is 9.64 Å². The molecule has 1 aromatic carbocycles. The Morgan fingerprint density at radius 1 is 1.40 bits per heavy atom. The van der Waals surface area contributed by atoms with Crippen LogP contribution in [0.4, 0.5) is 5.69 Å². The van der Waals surface area contributed by atoms with Gasteiger partial charge in [0.2, 0.25) is 0 Å². The molecule has 0 saturated heterocycles. The van der Waals surface area contributed by atoms with Gasteiger partial charge >= 0.3 is 0 Å². The van der Waals surface area contributed by atoms with Crippen molar-refractivity contribution in [2.45, 2.75) is 39.7 Å². The molecule has 0 radical (unpaired) electrons. The van der Waals surface area contributed by atoms with Crippen LogP contribution < -0.4 is 15.1 Å². The highest BCUT2D eigenvalue weighted by Crippen LogP contribution is 2.41. The van der Waals surface area contributed by atoms with E-state index in [1.54, 1.807) is 25.5 Å². The van der Waals surface area contributed by atoms with E-state index in [0.29, 0.717) is 5.75 Å². The Morgan fingerprint density at radius 2 is 2.17 bits per heavy atom. The molecule has 0 aliphatic carbocycles. The molecule has 1 aromatic heterocycles. The fourth-order valence-electron chi connectivity index (χ4n) is 3.81. The van der Waals surface area contributed by atoms with Crippen LogP contribution in [0.5, 0.6) is 5.75 Å². The highest BCUT2D eigenvalue weighted by Gasteiger charge is 2.31. The molecule has 0 bridgehead atoms. The number of nitrogens with one attached hydrogen (secondary N) is 1. The molecule has 7 heteroatoms. The SMILES string of the molecule is CCCN1c2cc(OC)c(/C=N\NC(=O)c3cccnc3Cl)cc2C(C)=CC1(C)C. The summed E-state index contributed by atoms with van der Waals surface area (Å²) in [7, 11) is 1.63. The lowest BCUT2D eigenvalue weighted by molar-refractivity contribution is 0.0955. The molecule has 30 heavy (non-hydrogen) atoms. The highest BCUT2D eigenvalue weighted by molar-refractivity contribution is 6.32. The maximum atomic E-state index is 12.3. The number of anilines is 1. The summed E-state index contributed by atoms with van der Waals surface area (Å²) in [5.41, 5.74) is 6.94.